The van der Waals surface area contributed by atoms with Gasteiger partial charge in [-0.1, -0.05) is 19.3 Å². The quantitative estimate of drug-likeness (QED) is 0.889. The van der Waals surface area contributed by atoms with Crippen molar-refractivity contribution in [1.29, 1.82) is 5.26 Å². The largest absolute Gasteiger partial charge is 0.417 e. The van der Waals surface area contributed by atoms with E-state index < -0.39 is 11.7 Å². The SMILES string of the molecule is N#Cc1ccc(NCCC2CCC2)cc1C(F)(F)F. The van der Waals surface area contributed by atoms with Crippen LogP contribution in [-0.2, 0) is 6.18 Å². The monoisotopic (exact) mass is 268 g/mol. The maximum absolute atomic E-state index is 12.8. The van der Waals surface area contributed by atoms with Gasteiger partial charge in [-0.25, -0.2) is 0 Å². The topological polar surface area (TPSA) is 35.8 Å². The van der Waals surface area contributed by atoms with Crippen LogP contribution in [0.4, 0.5) is 18.9 Å². The summed E-state index contributed by atoms with van der Waals surface area (Å²) < 4.78 is 38.3. The van der Waals surface area contributed by atoms with Crippen molar-refractivity contribution < 1.29 is 13.2 Å². The third-order valence-electron chi connectivity index (χ3n) is 3.55. The van der Waals surface area contributed by atoms with E-state index in [1.165, 1.54) is 31.4 Å². The number of rotatable bonds is 4. The molecule has 0 heterocycles. The Balaban J connectivity index is 2.03. The minimum Gasteiger partial charge on any atom is -0.385 e. The molecular formula is C14H15F3N2. The number of nitrogens with one attached hydrogen (secondary N) is 1. The zero-order chi connectivity index (χ0) is 13.9. The fourth-order valence-corrected chi connectivity index (χ4v) is 2.19. The first-order valence-electron chi connectivity index (χ1n) is 6.36. The van der Waals surface area contributed by atoms with Gasteiger partial charge in [0.15, 0.2) is 0 Å². The highest BCUT2D eigenvalue weighted by Crippen LogP contribution is 2.34. The molecule has 0 spiro atoms. The highest BCUT2D eigenvalue weighted by atomic mass is 19.4. The van der Waals surface area contributed by atoms with E-state index in [0.29, 0.717) is 18.2 Å². The lowest BCUT2D eigenvalue weighted by Gasteiger charge is -2.25. The predicted octanol–water partition coefficient (Wildman–Crippen LogP) is 4.18. The second-order valence-electron chi connectivity index (χ2n) is 4.88. The molecule has 1 aromatic rings. The van der Waals surface area contributed by atoms with Gasteiger partial charge in [-0.05, 0) is 30.5 Å². The van der Waals surface area contributed by atoms with E-state index in [4.69, 9.17) is 5.26 Å². The van der Waals surface area contributed by atoms with Crippen LogP contribution in [0.25, 0.3) is 0 Å². The first kappa shape index (κ1) is 13.7. The molecule has 0 amide bonds. The van der Waals surface area contributed by atoms with Crippen molar-refractivity contribution in [3.05, 3.63) is 29.3 Å². The van der Waals surface area contributed by atoms with Crippen LogP contribution in [0.3, 0.4) is 0 Å². The smallest absolute Gasteiger partial charge is 0.385 e. The lowest BCUT2D eigenvalue weighted by Crippen LogP contribution is -2.16. The summed E-state index contributed by atoms with van der Waals surface area (Å²) in [5.74, 6) is 0.716. The normalized spacial score (nSPS) is 15.7. The highest BCUT2D eigenvalue weighted by molar-refractivity contribution is 5.53. The van der Waals surface area contributed by atoms with Crippen molar-refractivity contribution in [3.63, 3.8) is 0 Å². The molecule has 0 aliphatic heterocycles. The van der Waals surface area contributed by atoms with Gasteiger partial charge in [-0.3, -0.25) is 0 Å². The molecule has 1 N–H and O–H groups in total. The second kappa shape index (κ2) is 5.52. The third-order valence-corrected chi connectivity index (χ3v) is 3.55. The zero-order valence-electron chi connectivity index (χ0n) is 10.4. The van der Waals surface area contributed by atoms with Crippen LogP contribution in [0, 0.1) is 17.2 Å². The standard InChI is InChI=1S/C14H15F3N2/c15-14(16,17)13-8-12(5-4-11(13)9-18)19-7-6-10-2-1-3-10/h4-5,8,10,19H,1-3,6-7H2. The molecule has 19 heavy (non-hydrogen) atoms. The molecule has 0 bridgehead atoms. The van der Waals surface area contributed by atoms with E-state index in [2.05, 4.69) is 5.32 Å². The van der Waals surface area contributed by atoms with Crippen LogP contribution < -0.4 is 5.32 Å². The number of anilines is 1. The van der Waals surface area contributed by atoms with Gasteiger partial charge in [0.2, 0.25) is 0 Å². The first-order chi connectivity index (χ1) is 9.00. The highest BCUT2D eigenvalue weighted by Gasteiger charge is 2.33. The number of alkyl halides is 3. The summed E-state index contributed by atoms with van der Waals surface area (Å²) in [5, 5.41) is 11.7. The number of benzene rings is 1. The Kier molecular flexibility index (Phi) is 3.98. The Morgan fingerprint density at radius 2 is 2.05 bits per heavy atom. The summed E-state index contributed by atoms with van der Waals surface area (Å²) in [6.45, 7) is 0.674. The second-order valence-corrected chi connectivity index (χ2v) is 4.88. The van der Waals surface area contributed by atoms with Crippen LogP contribution in [0.15, 0.2) is 18.2 Å². The van der Waals surface area contributed by atoms with Gasteiger partial charge < -0.3 is 5.32 Å². The first-order valence-corrected chi connectivity index (χ1v) is 6.36. The summed E-state index contributed by atoms with van der Waals surface area (Å²) in [6, 6.07) is 5.33. The lowest BCUT2D eigenvalue weighted by molar-refractivity contribution is -0.137. The molecule has 1 aliphatic rings. The minimum absolute atomic E-state index is 0.336. The van der Waals surface area contributed by atoms with Gasteiger partial charge >= 0.3 is 6.18 Å². The van der Waals surface area contributed by atoms with E-state index in [0.717, 1.165) is 12.5 Å². The van der Waals surface area contributed by atoms with Crippen molar-refractivity contribution in [2.24, 2.45) is 5.92 Å². The molecule has 1 fully saturated rings. The van der Waals surface area contributed by atoms with E-state index in [9.17, 15) is 13.2 Å². The lowest BCUT2D eigenvalue weighted by atomic mass is 9.83. The van der Waals surface area contributed by atoms with Crippen LogP contribution in [0.2, 0.25) is 0 Å². The summed E-state index contributed by atoms with van der Waals surface area (Å²) in [6.07, 6.45) is 0.212. The van der Waals surface area contributed by atoms with Crippen molar-refractivity contribution >= 4 is 5.69 Å². The average Bonchev–Trinajstić information content (AvgIpc) is 2.31. The molecule has 1 aromatic carbocycles. The Morgan fingerprint density at radius 3 is 2.58 bits per heavy atom. The summed E-state index contributed by atoms with van der Waals surface area (Å²) in [7, 11) is 0. The van der Waals surface area contributed by atoms with Crippen molar-refractivity contribution in [1.82, 2.24) is 0 Å². The summed E-state index contributed by atoms with van der Waals surface area (Å²) in [5.41, 5.74) is -0.786. The molecule has 1 aliphatic carbocycles. The van der Waals surface area contributed by atoms with E-state index in [1.54, 1.807) is 6.07 Å². The van der Waals surface area contributed by atoms with Crippen LogP contribution in [-0.4, -0.2) is 6.54 Å². The Labute approximate surface area is 110 Å². The number of nitrogens with zero attached hydrogens (tertiary/aromatic N) is 1. The Bertz CT molecular complexity index is 484. The molecule has 0 saturated heterocycles. The fourth-order valence-electron chi connectivity index (χ4n) is 2.19. The third kappa shape index (κ3) is 3.40. The molecule has 0 unspecified atom stereocenters. The van der Waals surface area contributed by atoms with Crippen molar-refractivity contribution in [3.8, 4) is 6.07 Å². The van der Waals surface area contributed by atoms with Gasteiger partial charge in [-0.2, -0.15) is 18.4 Å². The maximum atomic E-state index is 12.8. The minimum atomic E-state index is -4.49. The fraction of sp³-hybridized carbons (Fsp3) is 0.500. The van der Waals surface area contributed by atoms with Crippen molar-refractivity contribution in [2.45, 2.75) is 31.9 Å². The molecule has 1 saturated carbocycles. The van der Waals surface area contributed by atoms with E-state index in [1.807, 2.05) is 0 Å². The number of hydrogen-bond acceptors (Lipinski definition) is 2. The number of nitriles is 1. The van der Waals surface area contributed by atoms with Gasteiger partial charge in [0.05, 0.1) is 17.2 Å². The van der Waals surface area contributed by atoms with Crippen LogP contribution in [0.1, 0.15) is 36.8 Å². The van der Waals surface area contributed by atoms with Gasteiger partial charge in [0.25, 0.3) is 0 Å². The van der Waals surface area contributed by atoms with Crippen LogP contribution >= 0.6 is 0 Å². The zero-order valence-corrected chi connectivity index (χ0v) is 10.4. The van der Waals surface area contributed by atoms with Gasteiger partial charge in [-0.15, -0.1) is 0 Å². The molecule has 0 aromatic heterocycles. The number of hydrogen-bond donors (Lipinski definition) is 1. The molecule has 2 nitrogen and oxygen atoms in total. The molecule has 5 heteroatoms. The van der Waals surface area contributed by atoms with Gasteiger partial charge in [0, 0.05) is 12.2 Å². The molecule has 0 radical (unpaired) electrons. The Hall–Kier alpha value is -1.70. The van der Waals surface area contributed by atoms with Crippen LogP contribution in [0.5, 0.6) is 0 Å². The summed E-state index contributed by atoms with van der Waals surface area (Å²) in [4.78, 5) is 0. The van der Waals surface area contributed by atoms with E-state index in [-0.39, 0.29) is 5.56 Å². The number of halogens is 3. The maximum Gasteiger partial charge on any atom is 0.417 e. The van der Waals surface area contributed by atoms with E-state index >= 15 is 0 Å². The predicted molar refractivity (Wildman–Crippen MR) is 66.6 cm³/mol. The van der Waals surface area contributed by atoms with Gasteiger partial charge in [0.1, 0.15) is 0 Å². The average molecular weight is 268 g/mol. The Morgan fingerprint density at radius 1 is 1.32 bits per heavy atom. The molecular weight excluding hydrogens is 253 g/mol. The molecule has 0 atom stereocenters. The molecule has 2 rings (SSSR count). The summed E-state index contributed by atoms with van der Waals surface area (Å²) >= 11 is 0. The molecule has 102 valence electrons. The van der Waals surface area contributed by atoms with Crippen molar-refractivity contribution in [2.75, 3.05) is 11.9 Å².